The van der Waals surface area contributed by atoms with Gasteiger partial charge in [-0.15, -0.1) is 0 Å². The van der Waals surface area contributed by atoms with E-state index in [4.69, 9.17) is 0 Å². The fourth-order valence-electron chi connectivity index (χ4n) is 1.34. The van der Waals surface area contributed by atoms with E-state index >= 15 is 0 Å². The second kappa shape index (κ2) is 2.69. The molecule has 1 N–H and O–H groups in total. The minimum atomic E-state index is -0.170. The molecule has 1 aromatic rings. The lowest BCUT2D eigenvalue weighted by Crippen LogP contribution is -2.24. The topological polar surface area (TPSA) is 66.1 Å². The number of carbonyl (C=O) groups is 2. The van der Waals surface area contributed by atoms with Crippen molar-refractivity contribution in [2.45, 2.75) is 13.3 Å². The molecule has 1 aromatic heterocycles. The van der Waals surface area contributed by atoms with Gasteiger partial charge in [0.25, 0.3) is 0 Å². The molecule has 2 rings (SSSR count). The standard InChI is InChI=1S/C8H9N3O2/c1-5-2-7(10-9-5)11-4-6(12)3-8(11)13/h2H,3-4H2,1H3,(H,9,10). The summed E-state index contributed by atoms with van der Waals surface area (Å²) in [6, 6.07) is 1.75. The highest BCUT2D eigenvalue weighted by atomic mass is 16.2. The lowest BCUT2D eigenvalue weighted by molar-refractivity contribution is -0.121. The Morgan fingerprint density at radius 1 is 1.54 bits per heavy atom. The second-order valence-corrected chi connectivity index (χ2v) is 3.10. The number of amides is 1. The van der Waals surface area contributed by atoms with Crippen molar-refractivity contribution in [3.05, 3.63) is 11.8 Å². The van der Waals surface area contributed by atoms with Crippen LogP contribution in [0, 0.1) is 6.92 Å². The molecule has 0 radical (unpaired) electrons. The number of aromatic nitrogens is 2. The third-order valence-corrected chi connectivity index (χ3v) is 1.95. The first-order chi connectivity index (χ1) is 6.16. The van der Waals surface area contributed by atoms with Gasteiger partial charge in [0, 0.05) is 11.8 Å². The third kappa shape index (κ3) is 1.32. The molecule has 1 aliphatic heterocycles. The summed E-state index contributed by atoms with van der Waals surface area (Å²) in [5, 5.41) is 6.64. The minimum Gasteiger partial charge on any atom is -0.297 e. The maximum absolute atomic E-state index is 11.2. The van der Waals surface area contributed by atoms with Crippen LogP contribution in [-0.2, 0) is 9.59 Å². The number of rotatable bonds is 1. The summed E-state index contributed by atoms with van der Waals surface area (Å²) in [6.45, 7) is 2.00. The second-order valence-electron chi connectivity index (χ2n) is 3.10. The molecule has 0 atom stereocenters. The maximum atomic E-state index is 11.2. The molecule has 1 fully saturated rings. The van der Waals surface area contributed by atoms with Crippen LogP contribution < -0.4 is 4.90 Å². The van der Waals surface area contributed by atoms with Crippen LogP contribution >= 0.6 is 0 Å². The molecular weight excluding hydrogens is 170 g/mol. The van der Waals surface area contributed by atoms with Crippen molar-refractivity contribution in [3.63, 3.8) is 0 Å². The molecule has 0 bridgehead atoms. The molecule has 1 aliphatic rings. The van der Waals surface area contributed by atoms with Gasteiger partial charge >= 0.3 is 0 Å². The number of Topliss-reactive ketones (excluding diaryl/α,β-unsaturated/α-hetero) is 1. The van der Waals surface area contributed by atoms with Crippen LogP contribution in [0.2, 0.25) is 0 Å². The molecular formula is C8H9N3O2. The summed E-state index contributed by atoms with van der Waals surface area (Å²) < 4.78 is 0. The normalized spacial score (nSPS) is 17.2. The van der Waals surface area contributed by atoms with Crippen LogP contribution in [0.25, 0.3) is 0 Å². The summed E-state index contributed by atoms with van der Waals surface area (Å²) in [5.74, 6) is 0.315. The lowest BCUT2D eigenvalue weighted by Gasteiger charge is -2.09. The molecule has 13 heavy (non-hydrogen) atoms. The summed E-state index contributed by atoms with van der Waals surface area (Å²) in [4.78, 5) is 23.6. The molecule has 0 unspecified atom stereocenters. The number of ketones is 1. The van der Waals surface area contributed by atoms with Gasteiger partial charge in [-0.05, 0) is 6.92 Å². The average Bonchev–Trinajstić information content (AvgIpc) is 2.58. The average molecular weight is 179 g/mol. The number of nitrogens with zero attached hydrogens (tertiary/aromatic N) is 2. The maximum Gasteiger partial charge on any atom is 0.236 e. The SMILES string of the molecule is Cc1cc(N2CC(=O)CC2=O)n[nH]1. The van der Waals surface area contributed by atoms with Crippen molar-refractivity contribution in [3.8, 4) is 0 Å². The molecule has 5 nitrogen and oxygen atoms in total. The molecule has 1 amide bonds. The van der Waals surface area contributed by atoms with Gasteiger partial charge in [-0.1, -0.05) is 0 Å². The Hall–Kier alpha value is -1.65. The van der Waals surface area contributed by atoms with Crippen molar-refractivity contribution >= 4 is 17.5 Å². The smallest absolute Gasteiger partial charge is 0.236 e. The molecule has 68 valence electrons. The van der Waals surface area contributed by atoms with Gasteiger partial charge in [0.15, 0.2) is 11.6 Å². The number of aromatic amines is 1. The van der Waals surface area contributed by atoms with E-state index in [2.05, 4.69) is 10.2 Å². The predicted octanol–water partition coefficient (Wildman–Crippen LogP) is 0.0239. The first-order valence-corrected chi connectivity index (χ1v) is 4.01. The van der Waals surface area contributed by atoms with E-state index < -0.39 is 0 Å². The van der Waals surface area contributed by atoms with Crippen LogP contribution in [0.4, 0.5) is 5.82 Å². The molecule has 0 spiro atoms. The van der Waals surface area contributed by atoms with Gasteiger partial charge < -0.3 is 0 Å². The molecule has 5 heteroatoms. The number of nitrogens with one attached hydrogen (secondary N) is 1. The summed E-state index contributed by atoms with van der Waals surface area (Å²) in [5.41, 5.74) is 0.877. The summed E-state index contributed by atoms with van der Waals surface area (Å²) in [7, 11) is 0. The number of hydrogen-bond acceptors (Lipinski definition) is 3. The van der Waals surface area contributed by atoms with Gasteiger partial charge in [0.1, 0.15) is 0 Å². The molecule has 0 aliphatic carbocycles. The molecule has 0 aromatic carbocycles. The van der Waals surface area contributed by atoms with Crippen molar-refractivity contribution in [1.82, 2.24) is 10.2 Å². The Bertz CT molecular complexity index is 369. The van der Waals surface area contributed by atoms with Gasteiger partial charge in [-0.3, -0.25) is 19.6 Å². The highest BCUT2D eigenvalue weighted by Gasteiger charge is 2.29. The van der Waals surface area contributed by atoms with Crippen LogP contribution in [0.15, 0.2) is 6.07 Å². The van der Waals surface area contributed by atoms with Crippen molar-refractivity contribution in [1.29, 1.82) is 0 Å². The number of carbonyl (C=O) groups excluding carboxylic acids is 2. The first-order valence-electron chi connectivity index (χ1n) is 4.01. The van der Waals surface area contributed by atoms with E-state index in [1.54, 1.807) is 6.07 Å². The number of aryl methyl sites for hydroxylation is 1. The molecule has 2 heterocycles. The van der Waals surface area contributed by atoms with Crippen LogP contribution in [0.5, 0.6) is 0 Å². The Kier molecular flexibility index (Phi) is 1.65. The Balaban J connectivity index is 2.27. The quantitative estimate of drug-likeness (QED) is 0.618. The molecule has 0 saturated carbocycles. The summed E-state index contributed by atoms with van der Waals surface area (Å²) >= 11 is 0. The zero-order chi connectivity index (χ0) is 9.42. The van der Waals surface area contributed by atoms with Gasteiger partial charge in [0.2, 0.25) is 5.91 Å². The van der Waals surface area contributed by atoms with Crippen molar-refractivity contribution in [2.24, 2.45) is 0 Å². The number of H-pyrrole nitrogens is 1. The zero-order valence-corrected chi connectivity index (χ0v) is 7.20. The van der Waals surface area contributed by atoms with Crippen molar-refractivity contribution in [2.75, 3.05) is 11.4 Å². The highest BCUT2D eigenvalue weighted by Crippen LogP contribution is 2.17. The fourth-order valence-corrected chi connectivity index (χ4v) is 1.34. The van der Waals surface area contributed by atoms with E-state index in [1.165, 1.54) is 4.90 Å². The van der Waals surface area contributed by atoms with E-state index in [0.29, 0.717) is 5.82 Å². The highest BCUT2D eigenvalue weighted by molar-refractivity contribution is 6.14. The van der Waals surface area contributed by atoms with E-state index in [-0.39, 0.29) is 24.7 Å². The minimum absolute atomic E-state index is 0.00586. The first kappa shape index (κ1) is 7.97. The predicted molar refractivity (Wildman–Crippen MR) is 45.3 cm³/mol. The fraction of sp³-hybridized carbons (Fsp3) is 0.375. The van der Waals surface area contributed by atoms with Crippen LogP contribution in [0.3, 0.4) is 0 Å². The number of anilines is 1. The third-order valence-electron chi connectivity index (χ3n) is 1.95. The van der Waals surface area contributed by atoms with E-state index in [1.807, 2.05) is 6.92 Å². The van der Waals surface area contributed by atoms with Gasteiger partial charge in [-0.2, -0.15) is 5.10 Å². The van der Waals surface area contributed by atoms with Crippen LogP contribution in [0.1, 0.15) is 12.1 Å². The van der Waals surface area contributed by atoms with E-state index in [9.17, 15) is 9.59 Å². The van der Waals surface area contributed by atoms with Gasteiger partial charge in [-0.25, -0.2) is 0 Å². The monoisotopic (exact) mass is 179 g/mol. The Labute approximate surface area is 74.7 Å². The lowest BCUT2D eigenvalue weighted by atomic mass is 10.3. The Morgan fingerprint density at radius 2 is 2.31 bits per heavy atom. The molecule has 1 saturated heterocycles. The summed E-state index contributed by atoms with van der Waals surface area (Å²) in [6.07, 6.45) is 0.00586. The Morgan fingerprint density at radius 3 is 2.77 bits per heavy atom. The largest absolute Gasteiger partial charge is 0.297 e. The zero-order valence-electron chi connectivity index (χ0n) is 7.20. The number of hydrogen-bond donors (Lipinski definition) is 1. The van der Waals surface area contributed by atoms with Crippen LogP contribution in [-0.4, -0.2) is 28.4 Å². The van der Waals surface area contributed by atoms with Crippen molar-refractivity contribution < 1.29 is 9.59 Å². The van der Waals surface area contributed by atoms with E-state index in [0.717, 1.165) is 5.69 Å². The van der Waals surface area contributed by atoms with Gasteiger partial charge in [0.05, 0.1) is 13.0 Å².